The van der Waals surface area contributed by atoms with Gasteiger partial charge in [-0.1, -0.05) is 79.6 Å². The number of hydrogen-bond acceptors (Lipinski definition) is 6. The lowest BCUT2D eigenvalue weighted by atomic mass is 9.83. The molecular formula is C32H53N5O6. The average Bonchev–Trinajstić information content (AvgIpc) is 3.68. The molecule has 242 valence electrons. The number of urea groups is 1. The van der Waals surface area contributed by atoms with Crippen LogP contribution in [0.2, 0.25) is 0 Å². The van der Waals surface area contributed by atoms with Gasteiger partial charge in [-0.2, -0.15) is 0 Å². The molecule has 2 aliphatic heterocycles. The zero-order valence-electron chi connectivity index (χ0n) is 26.7. The van der Waals surface area contributed by atoms with Gasteiger partial charge in [-0.15, -0.1) is 0 Å². The number of nitrogens with zero attached hydrogens (tertiary/aromatic N) is 1. The summed E-state index contributed by atoms with van der Waals surface area (Å²) in [7, 11) is 0. The molecule has 0 radical (unpaired) electrons. The Morgan fingerprint density at radius 2 is 1.47 bits per heavy atom. The van der Waals surface area contributed by atoms with Gasteiger partial charge in [-0.3, -0.25) is 24.0 Å². The fraction of sp³-hybridized carbons (Fsp3) is 0.812. The molecular weight excluding hydrogens is 550 g/mol. The Bertz CT molecular complexity index is 1050. The smallest absolute Gasteiger partial charge is 0.316 e. The maximum Gasteiger partial charge on any atom is 0.316 e. The molecule has 5 atom stereocenters. The number of fused-ring (bicyclic) bond motifs is 1. The fourth-order valence-electron chi connectivity index (χ4n) is 6.48. The molecule has 0 bridgehead atoms. The molecule has 3 rings (SSSR count). The lowest BCUT2D eigenvalue weighted by Crippen LogP contribution is -2.59. The van der Waals surface area contributed by atoms with Gasteiger partial charge in [0, 0.05) is 12.5 Å². The van der Waals surface area contributed by atoms with Gasteiger partial charge in [0.2, 0.25) is 17.6 Å². The summed E-state index contributed by atoms with van der Waals surface area (Å²) in [5, 5.41) is 8.48. The van der Waals surface area contributed by atoms with Crippen molar-refractivity contribution in [2.24, 2.45) is 28.9 Å². The Hall–Kier alpha value is -2.98. The van der Waals surface area contributed by atoms with Crippen LogP contribution in [-0.4, -0.2) is 70.9 Å². The van der Waals surface area contributed by atoms with Gasteiger partial charge in [0.05, 0.1) is 12.1 Å². The summed E-state index contributed by atoms with van der Waals surface area (Å²) in [5.41, 5.74) is 4.81. The second-order valence-corrected chi connectivity index (χ2v) is 14.2. The topological polar surface area (TPSA) is 168 Å². The van der Waals surface area contributed by atoms with Crippen LogP contribution in [0.25, 0.3) is 0 Å². The van der Waals surface area contributed by atoms with E-state index in [4.69, 9.17) is 5.73 Å². The minimum absolute atomic E-state index is 0.0167. The van der Waals surface area contributed by atoms with E-state index in [1.807, 2.05) is 34.6 Å². The minimum atomic E-state index is -1.09. The van der Waals surface area contributed by atoms with Gasteiger partial charge in [0.1, 0.15) is 12.1 Å². The van der Waals surface area contributed by atoms with E-state index in [9.17, 15) is 28.8 Å². The van der Waals surface area contributed by atoms with Crippen molar-refractivity contribution in [2.45, 2.75) is 136 Å². The van der Waals surface area contributed by atoms with Crippen molar-refractivity contribution in [2.75, 3.05) is 6.54 Å². The molecule has 5 N–H and O–H groups in total. The first-order valence-electron chi connectivity index (χ1n) is 16.3. The normalized spacial score (nSPS) is 27.2. The number of rotatable bonds is 7. The maximum absolute atomic E-state index is 14.1. The fourth-order valence-corrected chi connectivity index (χ4v) is 6.48. The summed E-state index contributed by atoms with van der Waals surface area (Å²) in [6.45, 7) is 10.0. The van der Waals surface area contributed by atoms with Crippen LogP contribution in [0.15, 0.2) is 0 Å². The summed E-state index contributed by atoms with van der Waals surface area (Å²) >= 11 is 0. The highest BCUT2D eigenvalue weighted by atomic mass is 16.2. The molecule has 2 saturated heterocycles. The second-order valence-electron chi connectivity index (χ2n) is 14.2. The third kappa shape index (κ3) is 9.50. The number of ketones is 2. The summed E-state index contributed by atoms with van der Waals surface area (Å²) in [4.78, 5) is 80.1. The van der Waals surface area contributed by atoms with Crippen LogP contribution in [0, 0.1) is 23.2 Å². The number of carbonyl (C=O) groups excluding carboxylic acids is 6. The third-order valence-corrected chi connectivity index (χ3v) is 9.22. The van der Waals surface area contributed by atoms with Gasteiger partial charge in [0.25, 0.3) is 5.91 Å². The summed E-state index contributed by atoms with van der Waals surface area (Å²) in [5.74, 6) is -2.88. The van der Waals surface area contributed by atoms with Crippen molar-refractivity contribution >= 4 is 35.3 Å². The monoisotopic (exact) mass is 603 g/mol. The Labute approximate surface area is 256 Å². The van der Waals surface area contributed by atoms with E-state index in [1.165, 1.54) is 4.90 Å². The van der Waals surface area contributed by atoms with E-state index in [0.29, 0.717) is 32.2 Å². The quantitative estimate of drug-likeness (QED) is 0.326. The van der Waals surface area contributed by atoms with Gasteiger partial charge in [-0.05, 0) is 49.4 Å². The van der Waals surface area contributed by atoms with Crippen LogP contribution in [-0.2, 0) is 24.0 Å². The minimum Gasteiger partial charge on any atom is -0.363 e. The van der Waals surface area contributed by atoms with Crippen molar-refractivity contribution in [3.8, 4) is 0 Å². The van der Waals surface area contributed by atoms with Crippen molar-refractivity contribution in [3.63, 3.8) is 0 Å². The maximum atomic E-state index is 14.1. The molecule has 3 fully saturated rings. The second kappa shape index (κ2) is 15.1. The van der Waals surface area contributed by atoms with Crippen LogP contribution in [0.5, 0.6) is 0 Å². The molecule has 1 aliphatic carbocycles. The first kappa shape index (κ1) is 34.5. The molecule has 2 heterocycles. The van der Waals surface area contributed by atoms with E-state index in [1.54, 1.807) is 0 Å². The van der Waals surface area contributed by atoms with Crippen LogP contribution >= 0.6 is 0 Å². The van der Waals surface area contributed by atoms with Crippen molar-refractivity contribution in [3.05, 3.63) is 0 Å². The number of primary amides is 1. The summed E-state index contributed by atoms with van der Waals surface area (Å²) in [6.07, 6.45) is 9.01. The largest absolute Gasteiger partial charge is 0.363 e. The molecule has 0 spiro atoms. The van der Waals surface area contributed by atoms with Gasteiger partial charge >= 0.3 is 6.03 Å². The molecule has 1 unspecified atom stereocenters. The Morgan fingerprint density at radius 1 is 0.884 bits per heavy atom. The van der Waals surface area contributed by atoms with E-state index in [-0.39, 0.29) is 29.4 Å². The molecule has 5 amide bonds. The molecule has 0 aromatic rings. The van der Waals surface area contributed by atoms with Gasteiger partial charge in [0.15, 0.2) is 5.78 Å². The van der Waals surface area contributed by atoms with Crippen LogP contribution in [0.1, 0.15) is 112 Å². The van der Waals surface area contributed by atoms with E-state index >= 15 is 0 Å². The number of amides is 5. The van der Waals surface area contributed by atoms with Gasteiger partial charge in [-0.25, -0.2) is 4.79 Å². The molecule has 0 aromatic carbocycles. The van der Waals surface area contributed by atoms with Crippen molar-refractivity contribution in [1.29, 1.82) is 0 Å². The first-order valence-corrected chi connectivity index (χ1v) is 16.3. The number of hydrogen-bond donors (Lipinski definition) is 4. The van der Waals surface area contributed by atoms with E-state index in [0.717, 1.165) is 51.4 Å². The average molecular weight is 604 g/mol. The number of Topliss-reactive ketones (excluding diaryl/α,β-unsaturated/α-hetero) is 2. The Kier molecular flexibility index (Phi) is 12.2. The van der Waals surface area contributed by atoms with E-state index in [2.05, 4.69) is 16.0 Å². The zero-order valence-corrected chi connectivity index (χ0v) is 26.7. The van der Waals surface area contributed by atoms with Crippen molar-refractivity contribution < 1.29 is 28.8 Å². The molecule has 0 aromatic heterocycles. The van der Waals surface area contributed by atoms with Crippen LogP contribution < -0.4 is 21.7 Å². The highest BCUT2D eigenvalue weighted by molar-refractivity contribution is 6.37. The number of carbonyl (C=O) groups is 6. The summed E-state index contributed by atoms with van der Waals surface area (Å²) in [6, 6.07) is -4.03. The standard InChI is InChI=1S/C32H53N5O6/c1-19(2)21-17-18-37-24(21)29(41)34-22(26(39)28(33)40)13-11-9-7-6-8-10-12-14-23(30(37)42)35-31(43)36-27(32(3,4)5)25(38)20-15-16-20/h19-24,27H,6-18H2,1-5H3,(H2,33,40)(H,34,41)(H2,35,36,43)/t21?,22-,23-,24-,27+/m0/s1. The molecule has 1 saturated carbocycles. The number of nitrogens with two attached hydrogens (primary N) is 1. The Morgan fingerprint density at radius 3 is 2.00 bits per heavy atom. The SMILES string of the molecule is CC(C)C1CCN2C(=O)[C@@H](NC(=O)N[C@H](C(=O)C3CC3)C(C)(C)C)CCCCCCCCC[C@@H](C(=O)C(N)=O)NC(=O)[C@H]12. The molecule has 11 heteroatoms. The first-order chi connectivity index (χ1) is 20.2. The summed E-state index contributed by atoms with van der Waals surface area (Å²) < 4.78 is 0. The molecule has 3 aliphatic rings. The third-order valence-electron chi connectivity index (χ3n) is 9.22. The molecule has 11 nitrogen and oxygen atoms in total. The molecule has 43 heavy (non-hydrogen) atoms. The lowest BCUT2D eigenvalue weighted by molar-refractivity contribution is -0.143. The van der Waals surface area contributed by atoms with Crippen LogP contribution in [0.4, 0.5) is 4.79 Å². The number of nitrogens with one attached hydrogen (secondary N) is 3. The highest BCUT2D eigenvalue weighted by Crippen LogP contribution is 2.35. The van der Waals surface area contributed by atoms with Crippen molar-refractivity contribution in [1.82, 2.24) is 20.9 Å². The zero-order chi connectivity index (χ0) is 31.9. The lowest BCUT2D eigenvalue weighted by Gasteiger charge is -2.34. The van der Waals surface area contributed by atoms with E-state index < -0.39 is 53.2 Å². The highest BCUT2D eigenvalue weighted by Gasteiger charge is 2.46. The predicted molar refractivity (Wildman–Crippen MR) is 163 cm³/mol. The Balaban J connectivity index is 1.86. The van der Waals surface area contributed by atoms with Gasteiger partial charge < -0.3 is 26.6 Å². The van der Waals surface area contributed by atoms with Crippen LogP contribution in [0.3, 0.4) is 0 Å². The predicted octanol–water partition coefficient (Wildman–Crippen LogP) is 2.98.